The van der Waals surface area contributed by atoms with Gasteiger partial charge >= 0.3 is 0 Å². The zero-order valence-corrected chi connectivity index (χ0v) is 15.9. The summed E-state index contributed by atoms with van der Waals surface area (Å²) in [6.07, 6.45) is 2.44. The maximum atomic E-state index is 12.6. The smallest absolute Gasteiger partial charge is 0.253 e. The molecular formula is C18H18Cl2N2O2S. The Hall–Kier alpha value is -1.69. The van der Waals surface area contributed by atoms with E-state index in [0.717, 1.165) is 5.75 Å². The second-order valence-corrected chi connectivity index (χ2v) is 7.06. The quantitative estimate of drug-likeness (QED) is 0.724. The lowest BCUT2D eigenvalue weighted by Crippen LogP contribution is -2.44. The summed E-state index contributed by atoms with van der Waals surface area (Å²) in [5, 5.41) is 6.30. The molecule has 0 aromatic heterocycles. The van der Waals surface area contributed by atoms with Gasteiger partial charge in [0.1, 0.15) is 6.04 Å². The maximum Gasteiger partial charge on any atom is 0.253 e. The summed E-state index contributed by atoms with van der Waals surface area (Å²) in [7, 11) is 0. The summed E-state index contributed by atoms with van der Waals surface area (Å²) >= 11 is 13.7. The minimum Gasteiger partial charge on any atom is -0.340 e. The summed E-state index contributed by atoms with van der Waals surface area (Å²) in [5.74, 6) is 0.0252. The number of hydrogen-bond donors (Lipinski definition) is 2. The van der Waals surface area contributed by atoms with Crippen molar-refractivity contribution in [2.45, 2.75) is 12.5 Å². The van der Waals surface area contributed by atoms with E-state index in [2.05, 4.69) is 10.6 Å². The van der Waals surface area contributed by atoms with Crippen molar-refractivity contribution in [2.24, 2.45) is 0 Å². The molecule has 0 spiro atoms. The highest BCUT2D eigenvalue weighted by Gasteiger charge is 2.22. The lowest BCUT2D eigenvalue weighted by atomic mass is 10.1. The Kier molecular flexibility index (Phi) is 7.62. The van der Waals surface area contributed by atoms with Crippen molar-refractivity contribution in [3.8, 4) is 0 Å². The van der Waals surface area contributed by atoms with Gasteiger partial charge in [0.15, 0.2) is 0 Å². The molecule has 0 saturated heterocycles. The Morgan fingerprint density at radius 3 is 2.32 bits per heavy atom. The molecule has 2 rings (SSSR count). The number of anilines is 1. The van der Waals surface area contributed by atoms with E-state index in [1.807, 2.05) is 6.26 Å². The van der Waals surface area contributed by atoms with Gasteiger partial charge in [0.05, 0.1) is 21.3 Å². The van der Waals surface area contributed by atoms with Crippen molar-refractivity contribution < 1.29 is 9.59 Å². The van der Waals surface area contributed by atoms with Crippen LogP contribution >= 0.6 is 35.0 Å². The van der Waals surface area contributed by atoms with Crippen LogP contribution in [0.4, 0.5) is 5.69 Å². The third kappa shape index (κ3) is 5.66. The summed E-state index contributed by atoms with van der Waals surface area (Å²) in [4.78, 5) is 25.1. The van der Waals surface area contributed by atoms with E-state index in [0.29, 0.717) is 27.7 Å². The first kappa shape index (κ1) is 19.6. The number of para-hydroxylation sites is 1. The molecule has 0 saturated carbocycles. The number of benzene rings is 2. The van der Waals surface area contributed by atoms with Crippen LogP contribution in [-0.2, 0) is 4.79 Å². The number of hydrogen-bond acceptors (Lipinski definition) is 3. The highest BCUT2D eigenvalue weighted by atomic mass is 35.5. The molecule has 0 fully saturated rings. The van der Waals surface area contributed by atoms with E-state index in [4.69, 9.17) is 23.2 Å². The third-order valence-corrected chi connectivity index (χ3v) is 4.79. The Morgan fingerprint density at radius 1 is 1.04 bits per heavy atom. The second kappa shape index (κ2) is 9.70. The molecule has 2 aromatic rings. The number of rotatable bonds is 7. The molecule has 2 aromatic carbocycles. The van der Waals surface area contributed by atoms with Crippen LogP contribution < -0.4 is 10.6 Å². The van der Waals surface area contributed by atoms with Gasteiger partial charge in [-0.1, -0.05) is 47.5 Å². The van der Waals surface area contributed by atoms with Crippen molar-refractivity contribution in [1.82, 2.24) is 5.32 Å². The van der Waals surface area contributed by atoms with Gasteiger partial charge in [-0.2, -0.15) is 11.8 Å². The fraction of sp³-hybridized carbons (Fsp3) is 0.222. The van der Waals surface area contributed by atoms with E-state index in [1.165, 1.54) is 0 Å². The lowest BCUT2D eigenvalue weighted by molar-refractivity contribution is -0.118. The highest BCUT2D eigenvalue weighted by Crippen LogP contribution is 2.21. The van der Waals surface area contributed by atoms with Gasteiger partial charge in [0, 0.05) is 0 Å². The molecule has 0 aliphatic carbocycles. The summed E-state index contributed by atoms with van der Waals surface area (Å²) in [6.45, 7) is 0. The van der Waals surface area contributed by atoms with Crippen molar-refractivity contribution in [2.75, 3.05) is 17.3 Å². The monoisotopic (exact) mass is 396 g/mol. The van der Waals surface area contributed by atoms with Gasteiger partial charge in [-0.25, -0.2) is 0 Å². The molecule has 132 valence electrons. The topological polar surface area (TPSA) is 58.2 Å². The van der Waals surface area contributed by atoms with Crippen molar-refractivity contribution >= 4 is 52.5 Å². The Morgan fingerprint density at radius 2 is 1.68 bits per heavy atom. The van der Waals surface area contributed by atoms with Crippen LogP contribution in [-0.4, -0.2) is 29.9 Å². The molecule has 2 amide bonds. The summed E-state index contributed by atoms with van der Waals surface area (Å²) < 4.78 is 0. The molecule has 4 nitrogen and oxygen atoms in total. The normalized spacial score (nSPS) is 11.6. The first-order valence-electron chi connectivity index (χ1n) is 7.62. The number of nitrogens with one attached hydrogen (secondary N) is 2. The second-order valence-electron chi connectivity index (χ2n) is 5.26. The zero-order valence-electron chi connectivity index (χ0n) is 13.6. The maximum absolute atomic E-state index is 12.6. The Balaban J connectivity index is 2.12. The zero-order chi connectivity index (χ0) is 18.2. The lowest BCUT2D eigenvalue weighted by Gasteiger charge is -2.19. The molecule has 7 heteroatoms. The average Bonchev–Trinajstić information content (AvgIpc) is 2.60. The molecule has 1 unspecified atom stereocenters. The molecule has 0 bridgehead atoms. The van der Waals surface area contributed by atoms with Gasteiger partial charge in [0.2, 0.25) is 5.91 Å². The summed E-state index contributed by atoms with van der Waals surface area (Å²) in [6, 6.07) is 13.0. The average molecular weight is 397 g/mol. The van der Waals surface area contributed by atoms with Crippen LogP contribution in [0.3, 0.4) is 0 Å². The van der Waals surface area contributed by atoms with E-state index in [-0.39, 0.29) is 11.8 Å². The Labute approximate surface area is 161 Å². The van der Waals surface area contributed by atoms with E-state index in [9.17, 15) is 9.59 Å². The van der Waals surface area contributed by atoms with E-state index in [1.54, 1.807) is 60.3 Å². The standard InChI is InChI=1S/C18H18Cl2N2O2S/c1-25-11-10-16(18(24)21-15-9-5-4-8-14(15)20)22-17(23)12-6-2-3-7-13(12)19/h2-9,16H,10-11H2,1H3,(H,21,24)(H,22,23). The van der Waals surface area contributed by atoms with Gasteiger partial charge in [0.25, 0.3) is 5.91 Å². The van der Waals surface area contributed by atoms with Crippen LogP contribution in [0.15, 0.2) is 48.5 Å². The van der Waals surface area contributed by atoms with Crippen molar-refractivity contribution in [3.63, 3.8) is 0 Å². The number of halogens is 2. The van der Waals surface area contributed by atoms with Gasteiger partial charge in [-0.15, -0.1) is 0 Å². The fourth-order valence-electron chi connectivity index (χ4n) is 2.17. The molecular weight excluding hydrogens is 379 g/mol. The number of thioether (sulfide) groups is 1. The number of carbonyl (C=O) groups excluding carboxylic acids is 2. The van der Waals surface area contributed by atoms with Crippen LogP contribution in [0.5, 0.6) is 0 Å². The van der Waals surface area contributed by atoms with Crippen molar-refractivity contribution in [1.29, 1.82) is 0 Å². The highest BCUT2D eigenvalue weighted by molar-refractivity contribution is 7.98. The van der Waals surface area contributed by atoms with Crippen molar-refractivity contribution in [3.05, 3.63) is 64.1 Å². The van der Waals surface area contributed by atoms with E-state index >= 15 is 0 Å². The van der Waals surface area contributed by atoms with Gasteiger partial charge in [-0.3, -0.25) is 9.59 Å². The predicted octanol–water partition coefficient (Wildman–Crippen LogP) is 4.48. The van der Waals surface area contributed by atoms with E-state index < -0.39 is 6.04 Å². The molecule has 0 heterocycles. The SMILES string of the molecule is CSCCC(NC(=O)c1ccccc1Cl)C(=O)Nc1ccccc1Cl. The minimum atomic E-state index is -0.688. The summed E-state index contributed by atoms with van der Waals surface area (Å²) in [5.41, 5.74) is 0.846. The first-order valence-corrected chi connectivity index (χ1v) is 9.77. The Bertz CT molecular complexity index is 755. The van der Waals surface area contributed by atoms with Crippen LogP contribution in [0.2, 0.25) is 10.0 Å². The molecule has 0 aliphatic rings. The fourth-order valence-corrected chi connectivity index (χ4v) is 3.04. The van der Waals surface area contributed by atoms with Gasteiger partial charge < -0.3 is 10.6 Å². The molecule has 0 radical (unpaired) electrons. The molecule has 25 heavy (non-hydrogen) atoms. The van der Waals surface area contributed by atoms with Crippen LogP contribution in [0, 0.1) is 0 Å². The number of amides is 2. The first-order chi connectivity index (χ1) is 12.0. The predicted molar refractivity (Wildman–Crippen MR) is 106 cm³/mol. The molecule has 1 atom stereocenters. The molecule has 2 N–H and O–H groups in total. The largest absolute Gasteiger partial charge is 0.340 e. The third-order valence-electron chi connectivity index (χ3n) is 3.48. The minimum absolute atomic E-state index is 0.317. The van der Waals surface area contributed by atoms with Crippen LogP contribution in [0.25, 0.3) is 0 Å². The van der Waals surface area contributed by atoms with Crippen LogP contribution in [0.1, 0.15) is 16.8 Å². The number of carbonyl (C=O) groups is 2. The molecule has 0 aliphatic heterocycles. The van der Waals surface area contributed by atoms with Gasteiger partial charge in [-0.05, 0) is 42.7 Å².